The van der Waals surface area contributed by atoms with Crippen molar-refractivity contribution >= 4 is 49.2 Å². The largest absolute Gasteiger partial charge is 0.305 e. The van der Waals surface area contributed by atoms with E-state index in [0.29, 0.717) is 0 Å². The van der Waals surface area contributed by atoms with Crippen molar-refractivity contribution in [2.45, 2.75) is 50.9 Å². The first-order valence-corrected chi connectivity index (χ1v) is 23.9. The second-order valence-electron chi connectivity index (χ2n) is 13.1. The van der Waals surface area contributed by atoms with Crippen molar-refractivity contribution in [3.63, 3.8) is 0 Å². The molecule has 4 aromatic carbocycles. The van der Waals surface area contributed by atoms with Crippen LogP contribution in [0.15, 0.2) is 109 Å². The summed E-state index contributed by atoms with van der Waals surface area (Å²) in [7, 11) is 0. The molecule has 0 spiro atoms. The zero-order valence-corrected chi connectivity index (χ0v) is 33.3. The normalized spacial score (nSPS) is 11.9. The van der Waals surface area contributed by atoms with Crippen LogP contribution in [-0.2, 0) is 20.1 Å². The van der Waals surface area contributed by atoms with E-state index in [1.165, 1.54) is 46.8 Å². The van der Waals surface area contributed by atoms with Crippen molar-refractivity contribution in [3.8, 4) is 33.6 Å². The van der Waals surface area contributed by atoms with E-state index in [1.807, 2.05) is 50.2 Å². The Kier molecular flexibility index (Phi) is 10.5. The summed E-state index contributed by atoms with van der Waals surface area (Å²) in [6.07, 6.45) is 3.88. The number of hydrogen-bond donors (Lipinski definition) is 0. The molecule has 3 heterocycles. The molecule has 47 heavy (non-hydrogen) atoms. The molecule has 0 unspecified atom stereocenters. The summed E-state index contributed by atoms with van der Waals surface area (Å²) in [6.45, 7) is 8.12. The summed E-state index contributed by atoms with van der Waals surface area (Å²) in [4.78, 5) is 9.20. The zero-order chi connectivity index (χ0) is 33.3. The maximum Gasteiger partial charge on any atom is 0.0346 e. The monoisotopic (exact) mass is 872 g/mol. The number of aromatic nitrogens is 2. The molecule has 1 radical (unpaired) electrons. The van der Waals surface area contributed by atoms with Gasteiger partial charge in [0.1, 0.15) is 0 Å². The SMILES string of the molecule is Cc1cc(-c2[c-]cccc2)nc[c]1[Ge]([CH3])([CH3])[CH3].[2H]C(C)(C)c1ccnc(-c2[c-]ccc3c2sc2cc(-c4ccc(C)cc4)ccc23)c1.[Ir]. The topological polar surface area (TPSA) is 25.8 Å². The van der Waals surface area contributed by atoms with Crippen LogP contribution in [0.4, 0.5) is 0 Å². The molecule has 0 fully saturated rings. The van der Waals surface area contributed by atoms with Gasteiger partial charge in [-0.3, -0.25) is 0 Å². The quantitative estimate of drug-likeness (QED) is 0.127. The zero-order valence-electron chi connectivity index (χ0n) is 29.0. The van der Waals surface area contributed by atoms with Gasteiger partial charge in [0.25, 0.3) is 0 Å². The molecule has 0 aliphatic rings. The Morgan fingerprint density at radius 2 is 1.53 bits per heavy atom. The van der Waals surface area contributed by atoms with Crippen LogP contribution in [0, 0.1) is 26.0 Å². The van der Waals surface area contributed by atoms with E-state index < -0.39 is 19.2 Å². The molecule has 3 aromatic heterocycles. The van der Waals surface area contributed by atoms with Gasteiger partial charge >= 0.3 is 106 Å². The molecular formula is C42H40GeIrN2S-2. The van der Waals surface area contributed by atoms with E-state index in [2.05, 4.69) is 120 Å². The number of benzene rings is 4. The molecule has 5 heteroatoms. The average Bonchev–Trinajstić information content (AvgIpc) is 3.43. The van der Waals surface area contributed by atoms with Gasteiger partial charge in [-0.2, -0.15) is 11.3 Å². The second kappa shape index (κ2) is 14.8. The van der Waals surface area contributed by atoms with Crippen molar-refractivity contribution < 1.29 is 21.5 Å². The molecule has 0 aliphatic heterocycles. The van der Waals surface area contributed by atoms with Crippen LogP contribution < -0.4 is 4.40 Å². The molecule has 0 aliphatic carbocycles. The molecule has 0 bridgehead atoms. The van der Waals surface area contributed by atoms with E-state index in [9.17, 15) is 0 Å². The summed E-state index contributed by atoms with van der Waals surface area (Å²) in [5, 5.41) is 2.50. The fourth-order valence-electron chi connectivity index (χ4n) is 5.78. The summed E-state index contributed by atoms with van der Waals surface area (Å²) < 4.78 is 12.3. The predicted molar refractivity (Wildman–Crippen MR) is 202 cm³/mol. The summed E-state index contributed by atoms with van der Waals surface area (Å²) in [5.41, 5.74) is 10.1. The third-order valence-corrected chi connectivity index (χ3v) is 14.0. The van der Waals surface area contributed by atoms with Gasteiger partial charge in [-0.25, -0.2) is 0 Å². The Morgan fingerprint density at radius 1 is 0.766 bits per heavy atom. The molecular weight excluding hydrogens is 829 g/mol. The average molecular weight is 871 g/mol. The third-order valence-electron chi connectivity index (χ3n) is 8.32. The van der Waals surface area contributed by atoms with Crippen molar-refractivity contribution in [3.05, 3.63) is 138 Å². The van der Waals surface area contributed by atoms with E-state index in [-0.39, 0.29) is 20.1 Å². The van der Waals surface area contributed by atoms with E-state index in [0.717, 1.165) is 28.1 Å². The van der Waals surface area contributed by atoms with Gasteiger partial charge in [-0.1, -0.05) is 72.8 Å². The molecule has 0 saturated carbocycles. The first-order chi connectivity index (χ1) is 22.4. The minimum absolute atomic E-state index is 0. The molecule has 2 nitrogen and oxygen atoms in total. The van der Waals surface area contributed by atoms with Gasteiger partial charge < -0.3 is 4.98 Å². The minimum Gasteiger partial charge on any atom is -0.305 e. The van der Waals surface area contributed by atoms with E-state index in [4.69, 9.17) is 1.37 Å². The number of fused-ring (bicyclic) bond motifs is 3. The van der Waals surface area contributed by atoms with Gasteiger partial charge in [-0.05, 0) is 51.9 Å². The number of thiophene rings is 1. The Bertz CT molecular complexity index is 2180. The van der Waals surface area contributed by atoms with Crippen molar-refractivity contribution in [2.75, 3.05) is 0 Å². The number of rotatable bonds is 5. The maximum atomic E-state index is 8.37. The molecule has 7 aromatic rings. The fraction of sp³-hybridized carbons (Fsp3) is 0.190. The Morgan fingerprint density at radius 3 is 2.21 bits per heavy atom. The van der Waals surface area contributed by atoms with Crippen LogP contribution in [0.2, 0.25) is 17.3 Å². The van der Waals surface area contributed by atoms with Crippen LogP contribution in [0.1, 0.15) is 37.8 Å². The fourth-order valence-corrected chi connectivity index (χ4v) is 10.6. The number of hydrogen-bond acceptors (Lipinski definition) is 3. The van der Waals surface area contributed by atoms with Gasteiger partial charge in [0.05, 0.1) is 0 Å². The van der Waals surface area contributed by atoms with Crippen LogP contribution in [0.3, 0.4) is 0 Å². The third kappa shape index (κ3) is 7.84. The maximum absolute atomic E-state index is 8.37. The van der Waals surface area contributed by atoms with E-state index >= 15 is 0 Å². The van der Waals surface area contributed by atoms with Crippen molar-refractivity contribution in [1.82, 2.24) is 9.97 Å². The van der Waals surface area contributed by atoms with Crippen LogP contribution in [0.25, 0.3) is 53.8 Å². The van der Waals surface area contributed by atoms with Crippen molar-refractivity contribution in [2.24, 2.45) is 0 Å². The second-order valence-corrected chi connectivity index (χ2v) is 24.7. The van der Waals surface area contributed by atoms with Gasteiger partial charge in [-0.15, -0.1) is 23.8 Å². The Labute approximate surface area is 301 Å². The number of aryl methyl sites for hydroxylation is 2. The summed E-state index contributed by atoms with van der Waals surface area (Å²) >= 11 is 0.0177. The molecule has 7 rings (SSSR count). The first kappa shape index (κ1) is 33.5. The molecule has 0 saturated heterocycles. The molecule has 0 atom stereocenters. The Balaban J connectivity index is 0.000000214. The number of pyridine rings is 2. The predicted octanol–water partition coefficient (Wildman–Crippen LogP) is 11.4. The Hall–Kier alpha value is -3.41. The minimum atomic E-state index is -1.77. The summed E-state index contributed by atoms with van der Waals surface area (Å²) in [5.74, 6) is 6.55. The smallest absolute Gasteiger partial charge is 0.0346 e. The van der Waals surface area contributed by atoms with Gasteiger partial charge in [0.15, 0.2) is 0 Å². The molecule has 0 amide bonds. The molecule has 239 valence electrons. The van der Waals surface area contributed by atoms with Crippen molar-refractivity contribution in [1.29, 1.82) is 0 Å². The standard InChI is InChI=1S/C27H22NS.C15H18GeN.Ir/c1-17(2)20-13-14-28-25(15-20)24-6-4-5-23-22-12-11-21(16-26(22)29-27(23)24)19-9-7-18(3)8-10-19;1-12-10-15(13-8-6-5-7-9-13)17-11-14(12)16(2,3)4;/h4-5,7-17H,1-3H3;5-8,10-11H,1-4H3;/q2*-1;/i17D;;. The van der Waals surface area contributed by atoms with Gasteiger partial charge in [0.2, 0.25) is 0 Å². The van der Waals surface area contributed by atoms with Crippen LogP contribution >= 0.6 is 11.3 Å². The van der Waals surface area contributed by atoms with Crippen LogP contribution in [0.5, 0.6) is 0 Å². The first-order valence-electron chi connectivity index (χ1n) is 16.2. The van der Waals surface area contributed by atoms with Gasteiger partial charge in [0, 0.05) is 32.4 Å². The van der Waals surface area contributed by atoms with Crippen LogP contribution in [-0.4, -0.2) is 23.2 Å². The number of nitrogens with zero attached hydrogens (tertiary/aromatic N) is 2. The summed E-state index contributed by atoms with van der Waals surface area (Å²) in [6, 6.07) is 40.3. The molecule has 0 N–H and O–H groups in total. The van der Waals surface area contributed by atoms with E-state index in [1.54, 1.807) is 17.5 Å².